The lowest BCUT2D eigenvalue weighted by Crippen LogP contribution is -2.28. The predicted octanol–water partition coefficient (Wildman–Crippen LogP) is 4.69. The second-order valence-corrected chi connectivity index (χ2v) is 6.84. The summed E-state index contributed by atoms with van der Waals surface area (Å²) < 4.78 is 22.7. The molecule has 5 nitrogen and oxygen atoms in total. The van der Waals surface area contributed by atoms with Crippen molar-refractivity contribution in [3.8, 4) is 5.75 Å². The Labute approximate surface area is 159 Å². The molecule has 0 N–H and O–H groups in total. The Kier molecular flexibility index (Phi) is 5.42. The van der Waals surface area contributed by atoms with E-state index in [1.54, 1.807) is 33.5 Å². The van der Waals surface area contributed by atoms with Crippen molar-refractivity contribution in [1.82, 2.24) is 0 Å². The minimum Gasteiger partial charge on any atom is -0.492 e. The van der Waals surface area contributed by atoms with Crippen molar-refractivity contribution in [3.05, 3.63) is 46.2 Å². The van der Waals surface area contributed by atoms with Crippen LogP contribution in [0.1, 0.15) is 42.0 Å². The summed E-state index contributed by atoms with van der Waals surface area (Å²) in [4.78, 5) is 12.2. The van der Waals surface area contributed by atoms with Crippen molar-refractivity contribution in [3.63, 3.8) is 0 Å². The van der Waals surface area contributed by atoms with Crippen LogP contribution in [0.4, 0.5) is 0 Å². The van der Waals surface area contributed by atoms with Crippen molar-refractivity contribution in [2.24, 2.45) is 0 Å². The molecule has 3 rings (SSSR count). The molecule has 27 heavy (non-hydrogen) atoms. The molecule has 1 aromatic carbocycles. The van der Waals surface area contributed by atoms with Gasteiger partial charge in [0.1, 0.15) is 6.61 Å². The number of rotatable bonds is 5. The van der Waals surface area contributed by atoms with Gasteiger partial charge < -0.3 is 18.6 Å². The molecule has 0 amide bonds. The van der Waals surface area contributed by atoms with Crippen LogP contribution in [0.25, 0.3) is 17.0 Å². The summed E-state index contributed by atoms with van der Waals surface area (Å²) in [6, 6.07) is 0. The van der Waals surface area contributed by atoms with E-state index in [0.717, 1.165) is 33.2 Å². The quantitative estimate of drug-likeness (QED) is 0.564. The highest BCUT2D eigenvalue weighted by Gasteiger charge is 2.33. The maximum atomic E-state index is 12.2. The van der Waals surface area contributed by atoms with Crippen LogP contribution in [0.3, 0.4) is 0 Å². The Bertz CT molecular complexity index is 932. The molecule has 0 aliphatic heterocycles. The molecular weight excluding hydrogens is 344 g/mol. The van der Waals surface area contributed by atoms with E-state index in [0.29, 0.717) is 11.3 Å². The zero-order valence-corrected chi connectivity index (χ0v) is 16.7. The first-order chi connectivity index (χ1) is 12.9. The van der Waals surface area contributed by atoms with Gasteiger partial charge in [0, 0.05) is 29.6 Å². The molecule has 2 atom stereocenters. The number of methoxy groups -OCH3 is 2. The second kappa shape index (κ2) is 7.61. The summed E-state index contributed by atoms with van der Waals surface area (Å²) >= 11 is 0. The molecule has 0 saturated carbocycles. The van der Waals surface area contributed by atoms with Gasteiger partial charge in [-0.15, -0.1) is 0 Å². The maximum Gasteiger partial charge on any atom is 0.333 e. The molecule has 0 saturated heterocycles. The SMILES string of the molecule is C/C=C(/C)C(=O)OC[C@H]1c2c(c(OC)c3occ(C)c3c2C)C=C[C@H]1OC. The van der Waals surface area contributed by atoms with Gasteiger partial charge in [0.15, 0.2) is 11.3 Å². The van der Waals surface area contributed by atoms with Gasteiger partial charge in [0.25, 0.3) is 0 Å². The van der Waals surface area contributed by atoms with Crippen LogP contribution in [0, 0.1) is 13.8 Å². The van der Waals surface area contributed by atoms with Crippen LogP contribution in [-0.2, 0) is 14.3 Å². The van der Waals surface area contributed by atoms with Crippen LogP contribution >= 0.6 is 0 Å². The van der Waals surface area contributed by atoms with Crippen LogP contribution in [0.2, 0.25) is 0 Å². The van der Waals surface area contributed by atoms with Gasteiger partial charge in [-0.25, -0.2) is 4.79 Å². The summed E-state index contributed by atoms with van der Waals surface area (Å²) in [7, 11) is 3.31. The van der Waals surface area contributed by atoms with Gasteiger partial charge in [-0.1, -0.05) is 18.2 Å². The standard InChI is InChI=1S/C22H26O5/c1-7-12(2)22(23)27-11-16-17(24-5)9-8-15-19(16)14(4)18-13(3)10-26-21(18)20(15)25-6/h7-10,16-17H,11H2,1-6H3/b12-7-/t16-,17-/m1/s1. The van der Waals surface area contributed by atoms with E-state index in [4.69, 9.17) is 18.6 Å². The van der Waals surface area contributed by atoms with Gasteiger partial charge in [-0.05, 0) is 44.4 Å². The van der Waals surface area contributed by atoms with Crippen molar-refractivity contribution in [1.29, 1.82) is 0 Å². The van der Waals surface area contributed by atoms with Gasteiger partial charge >= 0.3 is 5.97 Å². The van der Waals surface area contributed by atoms with E-state index in [1.165, 1.54) is 0 Å². The fraction of sp³-hybridized carbons (Fsp3) is 0.409. The number of allylic oxidation sites excluding steroid dienone is 1. The molecule has 144 valence electrons. The zero-order valence-electron chi connectivity index (χ0n) is 16.7. The third kappa shape index (κ3) is 3.16. The molecule has 5 heteroatoms. The van der Waals surface area contributed by atoms with Gasteiger partial charge in [-0.2, -0.15) is 0 Å². The normalized spacial score (nSPS) is 19.3. The largest absolute Gasteiger partial charge is 0.492 e. The summed E-state index contributed by atoms with van der Waals surface area (Å²) in [6.45, 7) is 7.88. The molecule has 0 unspecified atom stereocenters. The number of ether oxygens (including phenoxy) is 3. The Morgan fingerprint density at radius 2 is 2.04 bits per heavy atom. The summed E-state index contributed by atoms with van der Waals surface area (Å²) in [6.07, 6.45) is 7.28. The Hall–Kier alpha value is -2.53. The number of aryl methyl sites for hydroxylation is 2. The molecule has 1 heterocycles. The smallest absolute Gasteiger partial charge is 0.333 e. The maximum absolute atomic E-state index is 12.2. The minimum atomic E-state index is -0.311. The molecule has 2 aromatic rings. The second-order valence-electron chi connectivity index (χ2n) is 6.84. The highest BCUT2D eigenvalue weighted by molar-refractivity contribution is 5.95. The first-order valence-corrected chi connectivity index (χ1v) is 9.03. The molecule has 1 aromatic heterocycles. The van der Waals surface area contributed by atoms with E-state index < -0.39 is 0 Å². The fourth-order valence-corrected chi connectivity index (χ4v) is 3.81. The topological polar surface area (TPSA) is 57.9 Å². The molecular formula is C22H26O5. The number of benzene rings is 1. The van der Waals surface area contributed by atoms with Gasteiger partial charge in [-0.3, -0.25) is 0 Å². The Morgan fingerprint density at radius 3 is 2.67 bits per heavy atom. The molecule has 0 radical (unpaired) electrons. The molecule has 1 aliphatic carbocycles. The van der Waals surface area contributed by atoms with E-state index in [9.17, 15) is 4.79 Å². The first-order valence-electron chi connectivity index (χ1n) is 9.03. The predicted molar refractivity (Wildman–Crippen MR) is 105 cm³/mol. The molecule has 0 fully saturated rings. The lowest BCUT2D eigenvalue weighted by molar-refractivity contribution is -0.140. The molecule has 0 bridgehead atoms. The number of carbonyl (C=O) groups is 1. The van der Waals surface area contributed by atoms with Crippen molar-refractivity contribution in [2.45, 2.75) is 39.7 Å². The Balaban J connectivity index is 2.13. The van der Waals surface area contributed by atoms with Crippen LogP contribution in [-0.4, -0.2) is 32.9 Å². The van der Waals surface area contributed by atoms with Crippen LogP contribution in [0.15, 0.2) is 28.4 Å². The minimum absolute atomic E-state index is 0.129. The lowest BCUT2D eigenvalue weighted by Gasteiger charge is -2.31. The van der Waals surface area contributed by atoms with E-state index in [-0.39, 0.29) is 24.6 Å². The number of hydrogen-bond donors (Lipinski definition) is 0. The fourth-order valence-electron chi connectivity index (χ4n) is 3.81. The van der Waals surface area contributed by atoms with Crippen molar-refractivity contribution >= 4 is 23.0 Å². The van der Waals surface area contributed by atoms with E-state index in [1.807, 2.05) is 26.0 Å². The highest BCUT2D eigenvalue weighted by atomic mass is 16.5. The van der Waals surface area contributed by atoms with Gasteiger partial charge in [0.2, 0.25) is 0 Å². The summed E-state index contributed by atoms with van der Waals surface area (Å²) in [5, 5.41) is 1.04. The average Bonchev–Trinajstić information content (AvgIpc) is 3.07. The van der Waals surface area contributed by atoms with E-state index >= 15 is 0 Å². The number of fused-ring (bicyclic) bond motifs is 2. The number of carbonyl (C=O) groups excluding carboxylic acids is 1. The lowest BCUT2D eigenvalue weighted by atomic mass is 9.80. The summed E-state index contributed by atoms with van der Waals surface area (Å²) in [5.74, 6) is 0.260. The van der Waals surface area contributed by atoms with Crippen molar-refractivity contribution in [2.75, 3.05) is 20.8 Å². The average molecular weight is 370 g/mol. The summed E-state index contributed by atoms with van der Waals surface area (Å²) in [5.41, 5.74) is 5.51. The zero-order chi connectivity index (χ0) is 19.7. The Morgan fingerprint density at radius 1 is 1.30 bits per heavy atom. The van der Waals surface area contributed by atoms with E-state index in [2.05, 4.69) is 6.92 Å². The van der Waals surface area contributed by atoms with Crippen LogP contribution < -0.4 is 4.74 Å². The number of esters is 1. The first kappa shape index (κ1) is 19.2. The highest BCUT2D eigenvalue weighted by Crippen LogP contribution is 2.45. The molecule has 0 spiro atoms. The third-order valence-corrected chi connectivity index (χ3v) is 5.34. The van der Waals surface area contributed by atoms with Crippen LogP contribution in [0.5, 0.6) is 5.75 Å². The van der Waals surface area contributed by atoms with Crippen molar-refractivity contribution < 1.29 is 23.4 Å². The molecule has 1 aliphatic rings. The van der Waals surface area contributed by atoms with Gasteiger partial charge in [0.05, 0.1) is 19.5 Å². The number of hydrogen-bond acceptors (Lipinski definition) is 5. The number of furan rings is 1. The third-order valence-electron chi connectivity index (χ3n) is 5.34. The monoisotopic (exact) mass is 370 g/mol.